The van der Waals surface area contributed by atoms with E-state index in [0.717, 1.165) is 16.5 Å². The molecule has 0 aliphatic rings. The van der Waals surface area contributed by atoms with Gasteiger partial charge in [-0.1, -0.05) is 11.6 Å². The molecule has 0 saturated carbocycles. The molecule has 1 aromatic heterocycles. The van der Waals surface area contributed by atoms with Gasteiger partial charge in [-0.2, -0.15) is 0 Å². The first-order valence-electron chi connectivity index (χ1n) is 5.92. The number of halogens is 1. The molecule has 0 bridgehead atoms. The smallest absolute Gasteiger partial charge is 0.327 e. The van der Waals surface area contributed by atoms with Crippen LogP contribution in [0.5, 0.6) is 0 Å². The Morgan fingerprint density at radius 1 is 1.53 bits per heavy atom. The van der Waals surface area contributed by atoms with Gasteiger partial charge in [0, 0.05) is 11.6 Å². The van der Waals surface area contributed by atoms with Crippen molar-refractivity contribution in [1.29, 1.82) is 0 Å². The second kappa shape index (κ2) is 5.45. The molecule has 2 aromatic rings. The van der Waals surface area contributed by atoms with Gasteiger partial charge in [0.2, 0.25) is 0 Å². The van der Waals surface area contributed by atoms with E-state index in [2.05, 4.69) is 10.3 Å². The molecule has 1 aromatic carbocycles. The van der Waals surface area contributed by atoms with Gasteiger partial charge in [0.05, 0.1) is 23.3 Å². The number of rotatable bonds is 3. The lowest BCUT2D eigenvalue weighted by atomic mass is 10.1. The number of ether oxygens (including phenoxy) is 1. The van der Waals surface area contributed by atoms with Gasteiger partial charge in [-0.15, -0.1) is 0 Å². The maximum Gasteiger partial charge on any atom is 0.327 e. The summed E-state index contributed by atoms with van der Waals surface area (Å²) in [7, 11) is 1.36. The Bertz CT molecular complexity index is 628. The van der Waals surface area contributed by atoms with Crippen molar-refractivity contribution in [3.63, 3.8) is 0 Å². The van der Waals surface area contributed by atoms with Crippen LogP contribution in [0.2, 0.25) is 5.02 Å². The second-order valence-corrected chi connectivity index (χ2v) is 4.75. The molecular weight excluding hydrogens is 264 g/mol. The van der Waals surface area contributed by atoms with Crippen molar-refractivity contribution in [3.05, 3.63) is 35.0 Å². The molecule has 1 atom stereocenters. The number of methoxy groups -OCH3 is 1. The fourth-order valence-electron chi connectivity index (χ4n) is 1.98. The lowest BCUT2D eigenvalue weighted by Crippen LogP contribution is -2.27. The SMILES string of the molecule is COC(=O)C(C)Nc1c(Cl)cc(C)c2ncccc12. The fourth-order valence-corrected chi connectivity index (χ4v) is 2.30. The van der Waals surface area contributed by atoms with E-state index < -0.39 is 6.04 Å². The van der Waals surface area contributed by atoms with Crippen LogP contribution in [0.15, 0.2) is 24.4 Å². The van der Waals surface area contributed by atoms with Crippen molar-refractivity contribution in [3.8, 4) is 0 Å². The van der Waals surface area contributed by atoms with E-state index >= 15 is 0 Å². The number of carbonyl (C=O) groups is 1. The molecule has 19 heavy (non-hydrogen) atoms. The standard InChI is InChI=1S/C14H15ClN2O2/c1-8-7-11(15)13(17-9(2)14(18)19-3)10-5-4-6-16-12(8)10/h4-7,9,17H,1-3H3. The Hall–Kier alpha value is -1.81. The highest BCUT2D eigenvalue weighted by Gasteiger charge is 2.17. The normalized spacial score (nSPS) is 12.2. The lowest BCUT2D eigenvalue weighted by Gasteiger charge is -2.17. The zero-order valence-corrected chi connectivity index (χ0v) is 11.8. The van der Waals surface area contributed by atoms with E-state index in [1.807, 2.05) is 25.1 Å². The third-order valence-electron chi connectivity index (χ3n) is 2.95. The number of benzene rings is 1. The highest BCUT2D eigenvalue weighted by Crippen LogP contribution is 2.33. The average molecular weight is 279 g/mol. The predicted octanol–water partition coefficient (Wildman–Crippen LogP) is 3.17. The molecule has 0 radical (unpaired) electrons. The van der Waals surface area contributed by atoms with Crippen LogP contribution in [-0.2, 0) is 9.53 Å². The average Bonchev–Trinajstić information content (AvgIpc) is 2.42. The number of hydrogen-bond donors (Lipinski definition) is 1. The second-order valence-electron chi connectivity index (χ2n) is 4.34. The van der Waals surface area contributed by atoms with Crippen molar-refractivity contribution in [2.24, 2.45) is 0 Å². The minimum atomic E-state index is -0.478. The summed E-state index contributed by atoms with van der Waals surface area (Å²) in [5, 5.41) is 4.54. The summed E-state index contributed by atoms with van der Waals surface area (Å²) >= 11 is 6.26. The van der Waals surface area contributed by atoms with Crippen molar-refractivity contribution in [1.82, 2.24) is 4.98 Å². The summed E-state index contributed by atoms with van der Waals surface area (Å²) in [5.74, 6) is -0.339. The van der Waals surface area contributed by atoms with Gasteiger partial charge < -0.3 is 10.1 Å². The first-order valence-corrected chi connectivity index (χ1v) is 6.30. The molecule has 0 saturated heterocycles. The minimum absolute atomic E-state index is 0.339. The molecule has 4 nitrogen and oxygen atoms in total. The molecule has 0 aliphatic carbocycles. The van der Waals surface area contributed by atoms with E-state index in [4.69, 9.17) is 16.3 Å². The Balaban J connectivity index is 2.51. The Kier molecular flexibility index (Phi) is 3.90. The van der Waals surface area contributed by atoms with Crippen LogP contribution in [0, 0.1) is 6.92 Å². The van der Waals surface area contributed by atoms with Crippen LogP contribution in [0.25, 0.3) is 10.9 Å². The Labute approximate surface area is 116 Å². The van der Waals surface area contributed by atoms with E-state index in [0.29, 0.717) is 10.7 Å². The number of pyridine rings is 1. The highest BCUT2D eigenvalue weighted by atomic mass is 35.5. The van der Waals surface area contributed by atoms with E-state index in [1.54, 1.807) is 13.1 Å². The summed E-state index contributed by atoms with van der Waals surface area (Å²) in [6.07, 6.45) is 1.73. The van der Waals surface area contributed by atoms with Gasteiger partial charge >= 0.3 is 5.97 Å². The van der Waals surface area contributed by atoms with E-state index in [1.165, 1.54) is 7.11 Å². The molecule has 100 valence electrons. The van der Waals surface area contributed by atoms with Crippen LogP contribution in [0.3, 0.4) is 0 Å². The van der Waals surface area contributed by atoms with Crippen molar-refractivity contribution < 1.29 is 9.53 Å². The molecule has 1 N–H and O–H groups in total. The van der Waals surface area contributed by atoms with Gasteiger partial charge in [-0.05, 0) is 37.6 Å². The largest absolute Gasteiger partial charge is 0.467 e. The van der Waals surface area contributed by atoms with Gasteiger partial charge in [-0.25, -0.2) is 4.79 Å². The fraction of sp³-hybridized carbons (Fsp3) is 0.286. The zero-order chi connectivity index (χ0) is 14.0. The topological polar surface area (TPSA) is 51.2 Å². The molecular formula is C14H15ClN2O2. The van der Waals surface area contributed by atoms with Gasteiger partial charge in [0.1, 0.15) is 6.04 Å². The summed E-state index contributed by atoms with van der Waals surface area (Å²) in [6, 6.07) is 5.12. The van der Waals surface area contributed by atoms with Crippen LogP contribution < -0.4 is 5.32 Å². The maximum absolute atomic E-state index is 11.5. The number of anilines is 1. The van der Waals surface area contributed by atoms with Gasteiger partial charge in [0.25, 0.3) is 0 Å². The number of nitrogens with zero attached hydrogens (tertiary/aromatic N) is 1. The summed E-state index contributed by atoms with van der Waals surface area (Å²) < 4.78 is 4.70. The number of carbonyl (C=O) groups excluding carboxylic acids is 1. The summed E-state index contributed by atoms with van der Waals surface area (Å²) in [5.41, 5.74) is 2.57. The number of aromatic nitrogens is 1. The van der Waals surface area contributed by atoms with Crippen molar-refractivity contribution >= 4 is 34.2 Å². The third-order valence-corrected chi connectivity index (χ3v) is 3.25. The summed E-state index contributed by atoms with van der Waals surface area (Å²) in [6.45, 7) is 3.68. The number of aryl methyl sites for hydroxylation is 1. The van der Waals surface area contributed by atoms with Crippen LogP contribution >= 0.6 is 11.6 Å². The number of hydrogen-bond acceptors (Lipinski definition) is 4. The third kappa shape index (κ3) is 2.63. The lowest BCUT2D eigenvalue weighted by molar-refractivity contribution is -0.141. The maximum atomic E-state index is 11.5. The van der Waals surface area contributed by atoms with Crippen LogP contribution in [0.1, 0.15) is 12.5 Å². The van der Waals surface area contributed by atoms with Gasteiger partial charge in [0.15, 0.2) is 0 Å². The number of esters is 1. The first kappa shape index (κ1) is 13.6. The molecule has 0 spiro atoms. The Morgan fingerprint density at radius 3 is 2.95 bits per heavy atom. The van der Waals surface area contributed by atoms with Crippen LogP contribution in [0.4, 0.5) is 5.69 Å². The molecule has 2 rings (SSSR count). The monoisotopic (exact) mass is 278 g/mol. The molecule has 0 aliphatic heterocycles. The van der Waals surface area contributed by atoms with Crippen LogP contribution in [-0.4, -0.2) is 24.1 Å². The molecule has 1 unspecified atom stereocenters. The van der Waals surface area contributed by atoms with E-state index in [9.17, 15) is 4.79 Å². The van der Waals surface area contributed by atoms with Gasteiger partial charge in [-0.3, -0.25) is 4.98 Å². The molecule has 0 fully saturated rings. The predicted molar refractivity (Wildman–Crippen MR) is 76.6 cm³/mol. The quantitative estimate of drug-likeness (QED) is 0.876. The summed E-state index contributed by atoms with van der Waals surface area (Å²) in [4.78, 5) is 15.8. The zero-order valence-electron chi connectivity index (χ0n) is 11.0. The molecule has 5 heteroatoms. The highest BCUT2D eigenvalue weighted by molar-refractivity contribution is 6.35. The van der Waals surface area contributed by atoms with E-state index in [-0.39, 0.29) is 5.97 Å². The Morgan fingerprint density at radius 2 is 2.26 bits per heavy atom. The number of nitrogens with one attached hydrogen (secondary N) is 1. The number of fused-ring (bicyclic) bond motifs is 1. The van der Waals surface area contributed by atoms with Crippen molar-refractivity contribution in [2.75, 3.05) is 12.4 Å². The molecule has 1 heterocycles. The minimum Gasteiger partial charge on any atom is -0.467 e. The first-order chi connectivity index (χ1) is 9.04. The molecule has 0 amide bonds. The van der Waals surface area contributed by atoms with Crippen molar-refractivity contribution in [2.45, 2.75) is 19.9 Å².